The Morgan fingerprint density at radius 2 is 1.84 bits per heavy atom. The molecule has 2 unspecified atom stereocenters. The summed E-state index contributed by atoms with van der Waals surface area (Å²) < 4.78 is 0. The first-order chi connectivity index (χ1) is 9.17. The zero-order chi connectivity index (χ0) is 13.8. The fourth-order valence-electron chi connectivity index (χ4n) is 2.94. The zero-order valence-corrected chi connectivity index (χ0v) is 12.3. The average Bonchev–Trinajstić information content (AvgIpc) is 2.59. The normalized spacial score (nSPS) is 24.3. The summed E-state index contributed by atoms with van der Waals surface area (Å²) in [7, 11) is 0. The van der Waals surface area contributed by atoms with Crippen molar-refractivity contribution in [2.75, 3.05) is 24.5 Å². The molecular weight excluding hydrogens is 236 g/mol. The molecule has 2 rings (SSSR count). The number of aryl methyl sites for hydroxylation is 2. The first-order valence-electron chi connectivity index (χ1n) is 7.43. The number of para-hydroxylation sites is 1. The van der Waals surface area contributed by atoms with Gasteiger partial charge < -0.3 is 15.3 Å². The minimum Gasteiger partial charge on any atom is -0.390 e. The molecular formula is C16H26N2O. The van der Waals surface area contributed by atoms with Gasteiger partial charge in [0.25, 0.3) is 0 Å². The Labute approximate surface area is 116 Å². The van der Waals surface area contributed by atoms with Crippen molar-refractivity contribution in [1.29, 1.82) is 0 Å². The highest BCUT2D eigenvalue weighted by molar-refractivity contribution is 5.61. The lowest BCUT2D eigenvalue weighted by Gasteiger charge is -2.33. The lowest BCUT2D eigenvalue weighted by molar-refractivity contribution is 0.184. The third-order valence-corrected chi connectivity index (χ3v) is 4.01. The van der Waals surface area contributed by atoms with E-state index in [1.807, 2.05) is 0 Å². The smallest absolute Gasteiger partial charge is 0.0839 e. The molecule has 19 heavy (non-hydrogen) atoms. The predicted octanol–water partition coefficient (Wildman–Crippen LogP) is 1.97. The van der Waals surface area contributed by atoms with Crippen LogP contribution in [0.1, 0.15) is 31.9 Å². The Balaban J connectivity index is 2.42. The van der Waals surface area contributed by atoms with Gasteiger partial charge in [-0.05, 0) is 30.9 Å². The minimum absolute atomic E-state index is 0.292. The SMILES string of the molecule is CCc1cccc(CC)c1N1CC(O)CNCC1C. The van der Waals surface area contributed by atoms with Crippen molar-refractivity contribution in [2.45, 2.75) is 45.8 Å². The molecule has 1 heterocycles. The van der Waals surface area contributed by atoms with Gasteiger partial charge in [0.1, 0.15) is 0 Å². The van der Waals surface area contributed by atoms with Crippen molar-refractivity contribution in [3.63, 3.8) is 0 Å². The molecule has 0 radical (unpaired) electrons. The highest BCUT2D eigenvalue weighted by Crippen LogP contribution is 2.29. The first-order valence-corrected chi connectivity index (χ1v) is 7.43. The molecule has 0 aromatic heterocycles. The Morgan fingerprint density at radius 1 is 1.21 bits per heavy atom. The van der Waals surface area contributed by atoms with Crippen molar-refractivity contribution in [2.24, 2.45) is 0 Å². The zero-order valence-electron chi connectivity index (χ0n) is 12.3. The van der Waals surface area contributed by atoms with E-state index in [1.165, 1.54) is 16.8 Å². The molecule has 0 saturated carbocycles. The molecule has 1 aliphatic heterocycles. The van der Waals surface area contributed by atoms with Crippen LogP contribution >= 0.6 is 0 Å². The summed E-state index contributed by atoms with van der Waals surface area (Å²) in [6.07, 6.45) is 1.78. The fourth-order valence-corrected chi connectivity index (χ4v) is 2.94. The summed E-state index contributed by atoms with van der Waals surface area (Å²) in [6.45, 7) is 8.98. The number of hydrogen-bond donors (Lipinski definition) is 2. The highest BCUT2D eigenvalue weighted by atomic mass is 16.3. The van der Waals surface area contributed by atoms with Crippen LogP contribution < -0.4 is 10.2 Å². The van der Waals surface area contributed by atoms with Gasteiger partial charge in [-0.2, -0.15) is 0 Å². The van der Waals surface area contributed by atoms with Crippen molar-refractivity contribution in [1.82, 2.24) is 5.32 Å². The van der Waals surface area contributed by atoms with Crippen LogP contribution in [0.2, 0.25) is 0 Å². The van der Waals surface area contributed by atoms with Gasteiger partial charge in [0.2, 0.25) is 0 Å². The Hall–Kier alpha value is -1.06. The van der Waals surface area contributed by atoms with Gasteiger partial charge in [0.15, 0.2) is 0 Å². The van der Waals surface area contributed by atoms with Crippen LogP contribution in [0.15, 0.2) is 18.2 Å². The van der Waals surface area contributed by atoms with E-state index in [1.54, 1.807) is 0 Å². The highest BCUT2D eigenvalue weighted by Gasteiger charge is 2.24. The van der Waals surface area contributed by atoms with E-state index < -0.39 is 0 Å². The number of β-amino-alcohol motifs (C(OH)–C–C–N with tert-alkyl or cyclic N) is 1. The van der Waals surface area contributed by atoms with Crippen LogP contribution in [0.5, 0.6) is 0 Å². The van der Waals surface area contributed by atoms with Gasteiger partial charge in [-0.1, -0.05) is 32.0 Å². The summed E-state index contributed by atoms with van der Waals surface area (Å²) >= 11 is 0. The molecule has 1 aliphatic rings. The molecule has 2 atom stereocenters. The Kier molecular flexibility index (Phi) is 4.83. The van der Waals surface area contributed by atoms with Gasteiger partial charge in [-0.25, -0.2) is 0 Å². The number of nitrogens with one attached hydrogen (secondary N) is 1. The molecule has 106 valence electrons. The summed E-state index contributed by atoms with van der Waals surface area (Å²) in [5.74, 6) is 0. The second kappa shape index (κ2) is 6.40. The van der Waals surface area contributed by atoms with Crippen LogP contribution in [-0.4, -0.2) is 36.9 Å². The van der Waals surface area contributed by atoms with Gasteiger partial charge in [0.05, 0.1) is 6.10 Å². The van der Waals surface area contributed by atoms with E-state index in [-0.39, 0.29) is 6.10 Å². The van der Waals surface area contributed by atoms with Crippen LogP contribution in [0.4, 0.5) is 5.69 Å². The maximum Gasteiger partial charge on any atom is 0.0839 e. The third kappa shape index (κ3) is 3.10. The van der Waals surface area contributed by atoms with Gasteiger partial charge >= 0.3 is 0 Å². The quantitative estimate of drug-likeness (QED) is 0.874. The Bertz CT molecular complexity index is 397. The van der Waals surface area contributed by atoms with Crippen molar-refractivity contribution in [3.8, 4) is 0 Å². The summed E-state index contributed by atoms with van der Waals surface area (Å²) in [4.78, 5) is 2.39. The number of aliphatic hydroxyl groups excluding tert-OH is 1. The van der Waals surface area contributed by atoms with Crippen LogP contribution in [-0.2, 0) is 12.8 Å². The molecule has 0 amide bonds. The van der Waals surface area contributed by atoms with E-state index in [4.69, 9.17) is 0 Å². The third-order valence-electron chi connectivity index (χ3n) is 4.01. The lowest BCUT2D eigenvalue weighted by Crippen LogP contribution is -2.40. The average molecular weight is 262 g/mol. The summed E-state index contributed by atoms with van der Waals surface area (Å²) in [5.41, 5.74) is 4.13. The van der Waals surface area contributed by atoms with Gasteiger partial charge in [-0.15, -0.1) is 0 Å². The van der Waals surface area contributed by atoms with Crippen molar-refractivity contribution in [3.05, 3.63) is 29.3 Å². The molecule has 1 fully saturated rings. The molecule has 1 aromatic carbocycles. The van der Waals surface area contributed by atoms with Gasteiger partial charge in [0, 0.05) is 31.4 Å². The lowest BCUT2D eigenvalue weighted by atomic mass is 10.0. The molecule has 3 nitrogen and oxygen atoms in total. The van der Waals surface area contributed by atoms with E-state index in [9.17, 15) is 5.11 Å². The number of nitrogens with zero attached hydrogens (tertiary/aromatic N) is 1. The molecule has 0 spiro atoms. The number of rotatable bonds is 3. The maximum absolute atomic E-state index is 10.1. The molecule has 0 aliphatic carbocycles. The fraction of sp³-hybridized carbons (Fsp3) is 0.625. The van der Waals surface area contributed by atoms with Crippen LogP contribution in [0.25, 0.3) is 0 Å². The van der Waals surface area contributed by atoms with Crippen molar-refractivity contribution < 1.29 is 5.11 Å². The number of anilines is 1. The van der Waals surface area contributed by atoms with Crippen LogP contribution in [0, 0.1) is 0 Å². The predicted molar refractivity (Wildman–Crippen MR) is 80.9 cm³/mol. The van der Waals surface area contributed by atoms with Gasteiger partial charge in [-0.3, -0.25) is 0 Å². The largest absolute Gasteiger partial charge is 0.390 e. The van der Waals surface area contributed by atoms with E-state index in [0.717, 1.165) is 25.9 Å². The monoisotopic (exact) mass is 262 g/mol. The van der Waals surface area contributed by atoms with Crippen molar-refractivity contribution >= 4 is 5.69 Å². The first kappa shape index (κ1) is 14.4. The Morgan fingerprint density at radius 3 is 2.42 bits per heavy atom. The van der Waals surface area contributed by atoms with E-state index in [2.05, 4.69) is 49.2 Å². The summed E-state index contributed by atoms with van der Waals surface area (Å²) in [5, 5.41) is 13.4. The molecule has 2 N–H and O–H groups in total. The topological polar surface area (TPSA) is 35.5 Å². The molecule has 3 heteroatoms. The minimum atomic E-state index is -0.292. The van der Waals surface area contributed by atoms with Crippen LogP contribution in [0.3, 0.4) is 0 Å². The maximum atomic E-state index is 10.1. The molecule has 0 bridgehead atoms. The number of aliphatic hydroxyl groups is 1. The second-order valence-corrected chi connectivity index (χ2v) is 5.45. The summed E-state index contributed by atoms with van der Waals surface area (Å²) in [6, 6.07) is 6.99. The van der Waals surface area contributed by atoms with E-state index in [0.29, 0.717) is 12.6 Å². The molecule has 1 saturated heterocycles. The number of hydrogen-bond acceptors (Lipinski definition) is 3. The number of benzene rings is 1. The van der Waals surface area contributed by atoms with E-state index >= 15 is 0 Å². The standard InChI is InChI=1S/C16H26N2O/c1-4-13-7-6-8-14(5-2)16(13)18-11-15(19)10-17-9-12(18)3/h6-8,12,15,17,19H,4-5,9-11H2,1-3H3. The second-order valence-electron chi connectivity index (χ2n) is 5.45. The molecule has 1 aromatic rings.